The second-order valence-corrected chi connectivity index (χ2v) is 4.70. The molecule has 2 aromatic rings. The molecule has 0 radical (unpaired) electrons. The summed E-state index contributed by atoms with van der Waals surface area (Å²) in [6.45, 7) is 2.20. The lowest BCUT2D eigenvalue weighted by molar-refractivity contribution is -0.118. The highest BCUT2D eigenvalue weighted by Gasteiger charge is 2.03. The van der Waals surface area contributed by atoms with Crippen LogP contribution in [-0.4, -0.2) is 18.2 Å². The zero-order valence-electron chi connectivity index (χ0n) is 11.9. The van der Waals surface area contributed by atoms with Gasteiger partial charge in [0.05, 0.1) is 0 Å². The quantitative estimate of drug-likeness (QED) is 0.827. The molecule has 2 aromatic carbocycles. The molecule has 1 amide bonds. The molecule has 0 aliphatic heterocycles. The van der Waals surface area contributed by atoms with E-state index in [-0.39, 0.29) is 0 Å². The van der Waals surface area contributed by atoms with Gasteiger partial charge in [-0.2, -0.15) is 0 Å². The van der Waals surface area contributed by atoms with Crippen LogP contribution in [-0.2, 0) is 11.4 Å². The number of rotatable bonds is 6. The molecule has 0 aliphatic rings. The van der Waals surface area contributed by atoms with Gasteiger partial charge in [0, 0.05) is 6.21 Å². The van der Waals surface area contributed by atoms with E-state index in [1.54, 1.807) is 13.1 Å². The normalized spacial score (nSPS) is 12.2. The molecule has 0 saturated heterocycles. The van der Waals surface area contributed by atoms with Crippen molar-refractivity contribution in [2.45, 2.75) is 19.6 Å². The first-order valence-electron chi connectivity index (χ1n) is 6.74. The van der Waals surface area contributed by atoms with Crippen LogP contribution in [0.5, 0.6) is 5.75 Å². The maximum atomic E-state index is 10.9. The number of hydrogen-bond acceptors (Lipinski definition) is 3. The van der Waals surface area contributed by atoms with E-state index < -0.39 is 11.9 Å². The van der Waals surface area contributed by atoms with E-state index in [2.05, 4.69) is 4.99 Å². The van der Waals surface area contributed by atoms with E-state index in [1.165, 1.54) is 0 Å². The first kappa shape index (κ1) is 14.8. The van der Waals surface area contributed by atoms with Gasteiger partial charge >= 0.3 is 0 Å². The minimum Gasteiger partial charge on any atom is -0.489 e. The summed E-state index contributed by atoms with van der Waals surface area (Å²) in [5, 5.41) is 0. The van der Waals surface area contributed by atoms with Gasteiger partial charge in [-0.25, -0.2) is 0 Å². The molecule has 21 heavy (non-hydrogen) atoms. The van der Waals surface area contributed by atoms with E-state index in [0.29, 0.717) is 6.61 Å². The van der Waals surface area contributed by atoms with E-state index in [4.69, 9.17) is 10.5 Å². The van der Waals surface area contributed by atoms with Crippen LogP contribution < -0.4 is 10.5 Å². The van der Waals surface area contributed by atoms with Crippen LogP contribution in [0.2, 0.25) is 0 Å². The zero-order valence-corrected chi connectivity index (χ0v) is 11.9. The summed E-state index contributed by atoms with van der Waals surface area (Å²) in [4.78, 5) is 15.0. The van der Waals surface area contributed by atoms with Gasteiger partial charge < -0.3 is 10.5 Å². The molecule has 0 fully saturated rings. The van der Waals surface area contributed by atoms with Crippen LogP contribution in [0, 0.1) is 0 Å². The van der Waals surface area contributed by atoms with E-state index >= 15 is 0 Å². The van der Waals surface area contributed by atoms with Gasteiger partial charge in [-0.1, -0.05) is 30.3 Å². The zero-order chi connectivity index (χ0) is 15.1. The lowest BCUT2D eigenvalue weighted by atomic mass is 10.2. The molecule has 2 rings (SSSR count). The van der Waals surface area contributed by atoms with Gasteiger partial charge in [0.1, 0.15) is 18.4 Å². The summed E-state index contributed by atoms with van der Waals surface area (Å²) in [5.74, 6) is 0.355. The average Bonchev–Trinajstić information content (AvgIpc) is 2.52. The Kier molecular flexibility index (Phi) is 5.10. The summed E-state index contributed by atoms with van der Waals surface area (Å²) in [6.07, 6.45) is 1.64. The largest absolute Gasteiger partial charge is 0.489 e. The Morgan fingerprint density at radius 2 is 1.86 bits per heavy atom. The molecule has 4 heteroatoms. The fraction of sp³-hybridized carbons (Fsp3) is 0.176. The number of primary amides is 1. The van der Waals surface area contributed by atoms with Crippen molar-refractivity contribution in [3.05, 3.63) is 65.7 Å². The maximum Gasteiger partial charge on any atom is 0.241 e. The third kappa shape index (κ3) is 4.76. The minimum atomic E-state index is -0.515. The Morgan fingerprint density at radius 3 is 2.48 bits per heavy atom. The first-order valence-corrected chi connectivity index (χ1v) is 6.74. The number of ether oxygens (including phenoxy) is 1. The number of amides is 1. The van der Waals surface area contributed by atoms with Crippen molar-refractivity contribution in [2.24, 2.45) is 10.7 Å². The molecule has 0 aromatic heterocycles. The van der Waals surface area contributed by atoms with Gasteiger partial charge in [0.25, 0.3) is 0 Å². The van der Waals surface area contributed by atoms with Crippen LogP contribution in [0.15, 0.2) is 59.6 Å². The second-order valence-electron chi connectivity index (χ2n) is 4.70. The summed E-state index contributed by atoms with van der Waals surface area (Å²) in [5.41, 5.74) is 7.17. The summed E-state index contributed by atoms with van der Waals surface area (Å²) in [6, 6.07) is 17.0. The highest BCUT2D eigenvalue weighted by Crippen LogP contribution is 2.13. The lowest BCUT2D eigenvalue weighted by Gasteiger charge is -2.06. The Labute approximate surface area is 124 Å². The Bertz CT molecular complexity index is 606. The van der Waals surface area contributed by atoms with Crippen molar-refractivity contribution in [3.63, 3.8) is 0 Å². The Morgan fingerprint density at radius 1 is 1.19 bits per heavy atom. The molecule has 0 heterocycles. The highest BCUT2D eigenvalue weighted by molar-refractivity contribution is 5.85. The van der Waals surface area contributed by atoms with Gasteiger partial charge in [-0.05, 0) is 42.3 Å². The van der Waals surface area contributed by atoms with Crippen LogP contribution in [0.1, 0.15) is 18.1 Å². The fourth-order valence-electron chi connectivity index (χ4n) is 1.66. The summed E-state index contributed by atoms with van der Waals surface area (Å²) < 4.78 is 5.69. The standard InChI is InChI=1S/C17H18N2O2/c1-13(17(18)20)19-11-14-7-9-16(10-8-14)21-12-15-5-3-2-4-6-15/h2-11,13H,12H2,1H3,(H2,18,20)/t13-/m0/s1. The molecule has 2 N–H and O–H groups in total. The number of nitrogens with zero attached hydrogens (tertiary/aromatic N) is 1. The second kappa shape index (κ2) is 7.24. The van der Waals surface area contributed by atoms with Gasteiger partial charge in [0.15, 0.2) is 0 Å². The van der Waals surface area contributed by atoms with Gasteiger partial charge in [-0.3, -0.25) is 9.79 Å². The average molecular weight is 282 g/mol. The van der Waals surface area contributed by atoms with Gasteiger partial charge in [0.2, 0.25) is 5.91 Å². The molecule has 0 unspecified atom stereocenters. The lowest BCUT2D eigenvalue weighted by Crippen LogP contribution is -2.23. The summed E-state index contributed by atoms with van der Waals surface area (Å²) in [7, 11) is 0. The minimum absolute atomic E-state index is 0.436. The van der Waals surface area contributed by atoms with E-state index in [1.807, 2.05) is 54.6 Å². The van der Waals surface area contributed by atoms with Crippen molar-refractivity contribution in [3.8, 4) is 5.75 Å². The monoisotopic (exact) mass is 282 g/mol. The number of carbonyl (C=O) groups is 1. The van der Waals surface area contributed by atoms with Crippen LogP contribution >= 0.6 is 0 Å². The first-order chi connectivity index (χ1) is 10.1. The highest BCUT2D eigenvalue weighted by atomic mass is 16.5. The van der Waals surface area contributed by atoms with Crippen LogP contribution in [0.25, 0.3) is 0 Å². The van der Waals surface area contributed by atoms with Gasteiger partial charge in [-0.15, -0.1) is 0 Å². The Hall–Kier alpha value is -2.62. The number of aliphatic imine (C=N–C) groups is 1. The van der Waals surface area contributed by atoms with Crippen molar-refractivity contribution in [2.75, 3.05) is 0 Å². The van der Waals surface area contributed by atoms with Crippen LogP contribution in [0.4, 0.5) is 0 Å². The maximum absolute atomic E-state index is 10.9. The summed E-state index contributed by atoms with van der Waals surface area (Å²) >= 11 is 0. The predicted octanol–water partition coefficient (Wildman–Crippen LogP) is 2.56. The molecule has 0 aliphatic carbocycles. The van der Waals surface area contributed by atoms with E-state index in [9.17, 15) is 4.79 Å². The molecular formula is C17H18N2O2. The molecule has 4 nitrogen and oxygen atoms in total. The smallest absolute Gasteiger partial charge is 0.241 e. The topological polar surface area (TPSA) is 64.7 Å². The number of benzene rings is 2. The molecule has 0 spiro atoms. The Balaban J connectivity index is 1.91. The van der Waals surface area contributed by atoms with E-state index in [0.717, 1.165) is 16.9 Å². The molecule has 1 atom stereocenters. The fourth-order valence-corrected chi connectivity index (χ4v) is 1.66. The number of nitrogens with two attached hydrogens (primary N) is 1. The SMILES string of the molecule is C[C@H](N=Cc1ccc(OCc2ccccc2)cc1)C(N)=O. The van der Waals surface area contributed by atoms with Crippen molar-refractivity contribution < 1.29 is 9.53 Å². The van der Waals surface area contributed by atoms with Crippen LogP contribution in [0.3, 0.4) is 0 Å². The number of hydrogen-bond donors (Lipinski definition) is 1. The van der Waals surface area contributed by atoms with Crippen molar-refractivity contribution in [1.82, 2.24) is 0 Å². The van der Waals surface area contributed by atoms with Crippen molar-refractivity contribution >= 4 is 12.1 Å². The molecular weight excluding hydrogens is 264 g/mol. The predicted molar refractivity (Wildman–Crippen MR) is 83.5 cm³/mol. The third-order valence-electron chi connectivity index (χ3n) is 2.99. The molecule has 0 bridgehead atoms. The molecule has 108 valence electrons. The number of carbonyl (C=O) groups excluding carboxylic acids is 1. The van der Waals surface area contributed by atoms with Crippen molar-refractivity contribution in [1.29, 1.82) is 0 Å². The molecule has 0 saturated carbocycles. The third-order valence-corrected chi connectivity index (χ3v) is 2.99.